The number of nitro groups is 1. The first-order valence-electron chi connectivity index (χ1n) is 7.90. The normalized spacial score (nSPS) is 14.7. The van der Waals surface area contributed by atoms with Crippen LogP contribution < -0.4 is 0 Å². The molecular weight excluding hydrogens is 332 g/mol. The van der Waals surface area contributed by atoms with Crippen LogP contribution in [-0.4, -0.2) is 43.0 Å². The zero-order valence-electron chi connectivity index (χ0n) is 14.1. The van der Waals surface area contributed by atoms with Gasteiger partial charge in [-0.2, -0.15) is 0 Å². The van der Waals surface area contributed by atoms with Gasteiger partial charge in [0.05, 0.1) is 9.82 Å². The number of hydrogen-bond donors (Lipinski definition) is 0. The Kier molecular flexibility index (Phi) is 5.27. The van der Waals surface area contributed by atoms with Crippen LogP contribution >= 0.6 is 0 Å². The first-order valence-corrected chi connectivity index (χ1v) is 9.79. The molecule has 0 saturated heterocycles. The lowest BCUT2D eigenvalue weighted by atomic mass is 10.1. The number of nitro benzene ring substituents is 1. The van der Waals surface area contributed by atoms with E-state index < -0.39 is 14.8 Å². The highest BCUT2D eigenvalue weighted by Crippen LogP contribution is 2.30. The number of non-ortho nitro benzene ring substituents is 1. The molecule has 1 fully saturated rings. The monoisotopic (exact) mass is 354 g/mol. The minimum atomic E-state index is -3.65. The summed E-state index contributed by atoms with van der Waals surface area (Å²) < 4.78 is 23.5. The average molecular weight is 354 g/mol. The van der Waals surface area contributed by atoms with E-state index in [0.717, 1.165) is 37.7 Å². The van der Waals surface area contributed by atoms with Crippen LogP contribution in [0.3, 0.4) is 0 Å². The Hall–Kier alpha value is -1.96. The molecule has 1 aliphatic carbocycles. The van der Waals surface area contributed by atoms with E-state index in [0.29, 0.717) is 12.5 Å². The summed E-state index contributed by atoms with van der Waals surface area (Å²) >= 11 is 0. The third-order valence-electron chi connectivity index (χ3n) is 3.97. The van der Waals surface area contributed by atoms with E-state index in [4.69, 9.17) is 0 Å². The van der Waals surface area contributed by atoms with Gasteiger partial charge in [0.15, 0.2) is 9.84 Å². The van der Waals surface area contributed by atoms with Crippen molar-refractivity contribution in [2.24, 2.45) is 5.92 Å². The Balaban J connectivity index is 2.39. The third kappa shape index (κ3) is 4.53. The maximum Gasteiger partial charge on any atom is 0.271 e. The number of rotatable bonds is 7. The summed E-state index contributed by atoms with van der Waals surface area (Å²) in [6.07, 6.45) is 3.63. The maximum absolute atomic E-state index is 12.8. The van der Waals surface area contributed by atoms with Gasteiger partial charge in [-0.3, -0.25) is 14.9 Å². The Labute approximate surface area is 141 Å². The van der Waals surface area contributed by atoms with Gasteiger partial charge in [0.1, 0.15) is 0 Å². The lowest BCUT2D eigenvalue weighted by molar-refractivity contribution is -0.385. The van der Waals surface area contributed by atoms with Crippen molar-refractivity contribution in [3.63, 3.8) is 0 Å². The molecule has 2 rings (SSSR count). The van der Waals surface area contributed by atoms with Gasteiger partial charge in [0, 0.05) is 36.5 Å². The van der Waals surface area contributed by atoms with Gasteiger partial charge in [-0.05, 0) is 31.2 Å². The van der Waals surface area contributed by atoms with Crippen molar-refractivity contribution in [1.29, 1.82) is 0 Å². The Morgan fingerprint density at radius 3 is 2.42 bits per heavy atom. The van der Waals surface area contributed by atoms with E-state index in [1.54, 1.807) is 4.90 Å². The standard InChI is InChI=1S/C16H22N2O5S/c1-11(2)6-7-17(13-4-5-13)16(19)12-8-14(18(20)21)10-15(9-12)24(3,22)23/h8-11,13H,4-7H2,1-3H3. The molecular formula is C16H22N2O5S. The molecule has 1 saturated carbocycles. The van der Waals surface area contributed by atoms with E-state index >= 15 is 0 Å². The second kappa shape index (κ2) is 6.88. The van der Waals surface area contributed by atoms with Gasteiger partial charge in [0.2, 0.25) is 0 Å². The molecule has 1 aliphatic rings. The van der Waals surface area contributed by atoms with Crippen LogP contribution in [0.2, 0.25) is 0 Å². The molecule has 0 N–H and O–H groups in total. The maximum atomic E-state index is 12.8. The fourth-order valence-corrected chi connectivity index (χ4v) is 3.10. The number of nitrogens with zero attached hydrogens (tertiary/aromatic N) is 2. The van der Waals surface area contributed by atoms with Gasteiger partial charge < -0.3 is 4.90 Å². The minimum absolute atomic E-state index is 0.0558. The predicted octanol–water partition coefficient (Wildman–Crippen LogP) is 2.65. The molecule has 7 nitrogen and oxygen atoms in total. The number of benzene rings is 1. The summed E-state index contributed by atoms with van der Waals surface area (Å²) in [5.41, 5.74) is -0.332. The van der Waals surface area contributed by atoms with Gasteiger partial charge >= 0.3 is 0 Å². The number of carbonyl (C=O) groups is 1. The van der Waals surface area contributed by atoms with E-state index in [-0.39, 0.29) is 28.1 Å². The van der Waals surface area contributed by atoms with Crippen molar-refractivity contribution in [2.75, 3.05) is 12.8 Å². The Bertz CT molecular complexity index is 754. The van der Waals surface area contributed by atoms with E-state index in [1.165, 1.54) is 6.07 Å². The molecule has 0 radical (unpaired) electrons. The summed E-state index contributed by atoms with van der Waals surface area (Å²) in [7, 11) is -3.65. The molecule has 1 amide bonds. The third-order valence-corrected chi connectivity index (χ3v) is 5.07. The topological polar surface area (TPSA) is 97.6 Å². The Morgan fingerprint density at radius 2 is 1.96 bits per heavy atom. The molecule has 1 aromatic carbocycles. The first kappa shape index (κ1) is 18.4. The highest BCUT2D eigenvalue weighted by Gasteiger charge is 2.33. The number of amides is 1. The lowest BCUT2D eigenvalue weighted by Crippen LogP contribution is -2.34. The van der Waals surface area contributed by atoms with E-state index in [2.05, 4.69) is 13.8 Å². The van der Waals surface area contributed by atoms with Gasteiger partial charge in [-0.15, -0.1) is 0 Å². The van der Waals surface area contributed by atoms with Crippen LogP contribution in [0.5, 0.6) is 0 Å². The van der Waals surface area contributed by atoms with Crippen molar-refractivity contribution >= 4 is 21.4 Å². The van der Waals surface area contributed by atoms with Crippen molar-refractivity contribution in [3.8, 4) is 0 Å². The summed E-state index contributed by atoms with van der Waals surface area (Å²) in [4.78, 5) is 24.7. The molecule has 24 heavy (non-hydrogen) atoms. The average Bonchev–Trinajstić information content (AvgIpc) is 3.30. The van der Waals surface area contributed by atoms with Crippen LogP contribution in [0, 0.1) is 16.0 Å². The molecule has 0 unspecified atom stereocenters. The van der Waals surface area contributed by atoms with Gasteiger partial charge in [-0.1, -0.05) is 13.8 Å². The second-order valence-corrected chi connectivity index (χ2v) is 8.67. The van der Waals surface area contributed by atoms with Crippen LogP contribution in [0.1, 0.15) is 43.5 Å². The fourth-order valence-electron chi connectivity index (χ4n) is 2.43. The zero-order valence-corrected chi connectivity index (χ0v) is 14.9. The largest absolute Gasteiger partial charge is 0.336 e. The van der Waals surface area contributed by atoms with Crippen LogP contribution in [0.4, 0.5) is 5.69 Å². The molecule has 8 heteroatoms. The van der Waals surface area contributed by atoms with Crippen molar-refractivity contribution in [2.45, 2.75) is 44.0 Å². The first-order chi connectivity index (χ1) is 11.1. The molecule has 0 spiro atoms. The molecule has 1 aromatic rings. The summed E-state index contributed by atoms with van der Waals surface area (Å²) in [6.45, 7) is 4.69. The summed E-state index contributed by atoms with van der Waals surface area (Å²) in [5.74, 6) is 0.0856. The quantitative estimate of drug-likeness (QED) is 0.554. The fraction of sp³-hybridized carbons (Fsp3) is 0.562. The van der Waals surface area contributed by atoms with Gasteiger partial charge in [0.25, 0.3) is 11.6 Å². The smallest absolute Gasteiger partial charge is 0.271 e. The van der Waals surface area contributed by atoms with Crippen LogP contribution in [0.25, 0.3) is 0 Å². The van der Waals surface area contributed by atoms with Crippen molar-refractivity contribution < 1.29 is 18.1 Å². The Morgan fingerprint density at radius 1 is 1.33 bits per heavy atom. The lowest BCUT2D eigenvalue weighted by Gasteiger charge is -2.23. The molecule has 132 valence electrons. The van der Waals surface area contributed by atoms with Crippen LogP contribution in [0.15, 0.2) is 23.1 Å². The van der Waals surface area contributed by atoms with E-state index in [1.807, 2.05) is 0 Å². The minimum Gasteiger partial charge on any atom is -0.336 e. The zero-order chi connectivity index (χ0) is 18.1. The summed E-state index contributed by atoms with van der Waals surface area (Å²) in [5, 5.41) is 11.1. The molecule has 0 atom stereocenters. The highest BCUT2D eigenvalue weighted by molar-refractivity contribution is 7.90. The van der Waals surface area contributed by atoms with Crippen molar-refractivity contribution in [1.82, 2.24) is 4.90 Å². The van der Waals surface area contributed by atoms with Crippen molar-refractivity contribution in [3.05, 3.63) is 33.9 Å². The SMILES string of the molecule is CC(C)CCN(C(=O)c1cc([N+](=O)[O-])cc(S(C)(=O)=O)c1)C1CC1. The molecule has 0 aliphatic heterocycles. The van der Waals surface area contributed by atoms with Crippen LogP contribution in [-0.2, 0) is 9.84 Å². The number of hydrogen-bond acceptors (Lipinski definition) is 5. The van der Waals surface area contributed by atoms with E-state index in [9.17, 15) is 23.3 Å². The number of sulfone groups is 1. The number of carbonyl (C=O) groups excluding carboxylic acids is 1. The highest BCUT2D eigenvalue weighted by atomic mass is 32.2. The summed E-state index contributed by atoms with van der Waals surface area (Å²) in [6, 6.07) is 3.52. The second-order valence-electron chi connectivity index (χ2n) is 6.66. The molecule has 0 heterocycles. The predicted molar refractivity (Wildman–Crippen MR) is 89.7 cm³/mol. The molecule has 0 aromatic heterocycles. The van der Waals surface area contributed by atoms with Gasteiger partial charge in [-0.25, -0.2) is 8.42 Å². The molecule has 0 bridgehead atoms.